The molecule has 0 atom stereocenters. The molecule has 1 aliphatic heterocycles. The van der Waals surface area contributed by atoms with Gasteiger partial charge in [0.25, 0.3) is 0 Å². The molecule has 1 aromatic carbocycles. The molecule has 162 valence electrons. The average molecular weight is 422 g/mol. The maximum atomic E-state index is 11.6. The van der Waals surface area contributed by atoms with Gasteiger partial charge in [0.05, 0.1) is 35.8 Å². The van der Waals surface area contributed by atoms with Gasteiger partial charge in [-0.05, 0) is 31.4 Å². The largest absolute Gasteiger partial charge is 0.478 e. The standard InChI is InChI=1S/C22H26N6O3/c1-15-12-23-22(26-20(15)18-4-2-3-5-19(18)21(30)31)25-16-13-24-28(14-16)17-6-8-27(9-7-17)10-11-29/h2-5,12-14,17,29H,6-11H2,1H3,(H,30,31)(H,23,25,26). The third-order valence-corrected chi connectivity index (χ3v) is 5.59. The number of hydrogen-bond donors (Lipinski definition) is 3. The molecule has 3 N–H and O–H groups in total. The van der Waals surface area contributed by atoms with E-state index in [4.69, 9.17) is 5.11 Å². The molecule has 1 fully saturated rings. The summed E-state index contributed by atoms with van der Waals surface area (Å²) in [4.78, 5) is 22.8. The smallest absolute Gasteiger partial charge is 0.336 e. The lowest BCUT2D eigenvalue weighted by atomic mass is 10.0. The van der Waals surface area contributed by atoms with Crippen molar-refractivity contribution < 1.29 is 15.0 Å². The average Bonchev–Trinajstić information content (AvgIpc) is 3.24. The van der Waals surface area contributed by atoms with Crippen molar-refractivity contribution in [3.8, 4) is 11.3 Å². The zero-order chi connectivity index (χ0) is 21.8. The van der Waals surface area contributed by atoms with Crippen LogP contribution in [0.2, 0.25) is 0 Å². The first-order valence-electron chi connectivity index (χ1n) is 10.4. The molecule has 4 rings (SSSR count). The number of benzene rings is 1. The molecule has 0 aliphatic carbocycles. The Morgan fingerprint density at radius 2 is 2.00 bits per heavy atom. The second-order valence-electron chi connectivity index (χ2n) is 7.71. The van der Waals surface area contributed by atoms with Crippen LogP contribution in [0.3, 0.4) is 0 Å². The number of β-amino-alcohol motifs (C(OH)–C–C–N with tert-alkyl or cyclic N) is 1. The summed E-state index contributed by atoms with van der Waals surface area (Å²) in [6, 6.07) is 7.14. The fourth-order valence-electron chi connectivity index (χ4n) is 3.93. The van der Waals surface area contributed by atoms with E-state index in [1.54, 1.807) is 36.7 Å². The lowest BCUT2D eigenvalue weighted by Gasteiger charge is -2.31. The Balaban J connectivity index is 1.50. The van der Waals surface area contributed by atoms with Gasteiger partial charge in [0.2, 0.25) is 5.95 Å². The van der Waals surface area contributed by atoms with Crippen molar-refractivity contribution >= 4 is 17.6 Å². The lowest BCUT2D eigenvalue weighted by molar-refractivity contribution is 0.0697. The Morgan fingerprint density at radius 1 is 1.23 bits per heavy atom. The van der Waals surface area contributed by atoms with Gasteiger partial charge in [-0.15, -0.1) is 0 Å². The number of aliphatic hydroxyl groups excluding tert-OH is 1. The first-order valence-corrected chi connectivity index (χ1v) is 10.4. The van der Waals surface area contributed by atoms with E-state index in [-0.39, 0.29) is 12.2 Å². The first-order chi connectivity index (χ1) is 15.0. The van der Waals surface area contributed by atoms with Crippen LogP contribution in [0.5, 0.6) is 0 Å². The number of anilines is 2. The monoisotopic (exact) mass is 422 g/mol. The highest BCUT2D eigenvalue weighted by Gasteiger charge is 2.21. The fraction of sp³-hybridized carbons (Fsp3) is 0.364. The van der Waals surface area contributed by atoms with Crippen molar-refractivity contribution in [3.63, 3.8) is 0 Å². The van der Waals surface area contributed by atoms with E-state index >= 15 is 0 Å². The molecule has 3 heterocycles. The molecule has 0 saturated carbocycles. The van der Waals surface area contributed by atoms with E-state index in [2.05, 4.69) is 25.3 Å². The summed E-state index contributed by atoms with van der Waals surface area (Å²) in [7, 11) is 0. The first kappa shape index (κ1) is 21.0. The number of carbonyl (C=O) groups is 1. The van der Waals surface area contributed by atoms with Gasteiger partial charge < -0.3 is 20.4 Å². The zero-order valence-corrected chi connectivity index (χ0v) is 17.4. The highest BCUT2D eigenvalue weighted by Crippen LogP contribution is 2.27. The van der Waals surface area contributed by atoms with Crippen molar-refractivity contribution in [1.82, 2.24) is 24.6 Å². The third-order valence-electron chi connectivity index (χ3n) is 5.59. The molecule has 0 radical (unpaired) electrons. The molecular weight excluding hydrogens is 396 g/mol. The molecule has 9 heteroatoms. The normalized spacial score (nSPS) is 15.2. The Morgan fingerprint density at radius 3 is 2.74 bits per heavy atom. The van der Waals surface area contributed by atoms with Crippen LogP contribution in [0, 0.1) is 6.92 Å². The molecule has 9 nitrogen and oxygen atoms in total. The SMILES string of the molecule is Cc1cnc(Nc2cnn(C3CCN(CCO)CC3)c2)nc1-c1ccccc1C(=O)O. The van der Waals surface area contributed by atoms with Gasteiger partial charge in [0.1, 0.15) is 0 Å². The Hall–Kier alpha value is -3.30. The number of aryl methyl sites for hydroxylation is 1. The van der Waals surface area contributed by atoms with Crippen molar-refractivity contribution in [1.29, 1.82) is 0 Å². The third kappa shape index (κ3) is 4.73. The minimum Gasteiger partial charge on any atom is -0.478 e. The molecule has 1 saturated heterocycles. The predicted octanol–water partition coefficient (Wildman–Crippen LogP) is 2.72. The molecule has 0 unspecified atom stereocenters. The van der Waals surface area contributed by atoms with Gasteiger partial charge in [-0.1, -0.05) is 18.2 Å². The summed E-state index contributed by atoms with van der Waals surface area (Å²) in [5.74, 6) is -0.604. The lowest BCUT2D eigenvalue weighted by Crippen LogP contribution is -2.36. The van der Waals surface area contributed by atoms with E-state index in [0.29, 0.717) is 23.2 Å². The number of rotatable bonds is 7. The summed E-state index contributed by atoms with van der Waals surface area (Å²) in [5, 5.41) is 26.3. The molecule has 1 aliphatic rings. The van der Waals surface area contributed by atoms with Crippen LogP contribution in [0.4, 0.5) is 11.6 Å². The number of nitrogens with one attached hydrogen (secondary N) is 1. The number of hydrogen-bond acceptors (Lipinski definition) is 7. The molecule has 0 amide bonds. The van der Waals surface area contributed by atoms with Gasteiger partial charge in [0.15, 0.2) is 0 Å². The summed E-state index contributed by atoms with van der Waals surface area (Å²) in [6.07, 6.45) is 7.34. The number of aromatic nitrogens is 4. The van der Waals surface area contributed by atoms with E-state index < -0.39 is 5.97 Å². The van der Waals surface area contributed by atoms with Crippen molar-refractivity contribution in [2.24, 2.45) is 0 Å². The maximum absolute atomic E-state index is 11.6. The highest BCUT2D eigenvalue weighted by molar-refractivity contribution is 5.95. The number of aromatic carboxylic acids is 1. The Labute approximate surface area is 180 Å². The molecule has 31 heavy (non-hydrogen) atoms. The summed E-state index contributed by atoms with van der Waals surface area (Å²) >= 11 is 0. The summed E-state index contributed by atoms with van der Waals surface area (Å²) < 4.78 is 1.97. The second-order valence-corrected chi connectivity index (χ2v) is 7.71. The fourth-order valence-corrected chi connectivity index (χ4v) is 3.93. The van der Waals surface area contributed by atoms with E-state index in [0.717, 1.165) is 43.7 Å². The number of piperidine rings is 1. The van der Waals surface area contributed by atoms with Crippen LogP contribution >= 0.6 is 0 Å². The van der Waals surface area contributed by atoms with Crippen molar-refractivity contribution in [2.45, 2.75) is 25.8 Å². The van der Waals surface area contributed by atoms with Crippen LogP contribution in [0.15, 0.2) is 42.9 Å². The number of nitrogens with zero attached hydrogens (tertiary/aromatic N) is 5. The van der Waals surface area contributed by atoms with Crippen molar-refractivity contribution in [3.05, 3.63) is 54.0 Å². The topological polar surface area (TPSA) is 116 Å². The predicted molar refractivity (Wildman–Crippen MR) is 116 cm³/mol. The molecule has 0 spiro atoms. The molecule has 3 aromatic rings. The van der Waals surface area contributed by atoms with Gasteiger partial charge in [0, 0.05) is 37.6 Å². The van der Waals surface area contributed by atoms with Gasteiger partial charge in [-0.3, -0.25) is 4.68 Å². The number of carboxylic acids is 1. The second kappa shape index (κ2) is 9.23. The van der Waals surface area contributed by atoms with Crippen LogP contribution in [-0.2, 0) is 0 Å². The van der Waals surface area contributed by atoms with E-state index in [1.807, 2.05) is 17.8 Å². The quantitative estimate of drug-likeness (QED) is 0.532. The van der Waals surface area contributed by atoms with E-state index in [9.17, 15) is 9.90 Å². The van der Waals surface area contributed by atoms with Crippen LogP contribution < -0.4 is 5.32 Å². The van der Waals surface area contributed by atoms with E-state index in [1.165, 1.54) is 0 Å². The van der Waals surface area contributed by atoms with Crippen molar-refractivity contribution in [2.75, 3.05) is 31.6 Å². The zero-order valence-electron chi connectivity index (χ0n) is 17.4. The molecule has 0 bridgehead atoms. The Bertz CT molecular complexity index is 1060. The number of carboxylic acid groups (broad SMARTS) is 1. The molecular formula is C22H26N6O3. The summed E-state index contributed by atoms with van der Waals surface area (Å²) in [5.41, 5.74) is 2.92. The van der Waals surface area contributed by atoms with Gasteiger partial charge in [-0.2, -0.15) is 5.10 Å². The maximum Gasteiger partial charge on any atom is 0.336 e. The number of aliphatic hydroxyl groups is 1. The van der Waals surface area contributed by atoms with Gasteiger partial charge in [-0.25, -0.2) is 14.8 Å². The highest BCUT2D eigenvalue weighted by atomic mass is 16.4. The van der Waals surface area contributed by atoms with Crippen LogP contribution in [-0.4, -0.2) is 67.1 Å². The summed E-state index contributed by atoms with van der Waals surface area (Å²) in [6.45, 7) is 4.66. The number of likely N-dealkylation sites (tertiary alicyclic amines) is 1. The Kier molecular flexibility index (Phi) is 6.24. The minimum atomic E-state index is -0.991. The minimum absolute atomic E-state index is 0.190. The van der Waals surface area contributed by atoms with Gasteiger partial charge >= 0.3 is 5.97 Å². The van der Waals surface area contributed by atoms with Crippen LogP contribution in [0.25, 0.3) is 11.3 Å². The molecule has 2 aromatic heterocycles. The van der Waals surface area contributed by atoms with Crippen LogP contribution in [0.1, 0.15) is 34.8 Å².